The van der Waals surface area contributed by atoms with Crippen molar-refractivity contribution in [2.24, 2.45) is 0 Å². The highest BCUT2D eigenvalue weighted by Crippen LogP contribution is 2.26. The second-order valence-corrected chi connectivity index (χ2v) is 7.60. The summed E-state index contributed by atoms with van der Waals surface area (Å²) in [5, 5.41) is 2.93. The summed E-state index contributed by atoms with van der Waals surface area (Å²) in [6, 6.07) is 14.6. The molecule has 4 rings (SSSR count). The maximum absolute atomic E-state index is 12.7. The summed E-state index contributed by atoms with van der Waals surface area (Å²) in [6.07, 6.45) is 3.45. The maximum atomic E-state index is 12.7. The lowest BCUT2D eigenvalue weighted by molar-refractivity contribution is -0.134. The molecular weight excluding hydrogens is 374 g/mol. The van der Waals surface area contributed by atoms with E-state index in [4.69, 9.17) is 4.42 Å². The number of carbonyl (C=O) groups is 2. The molecule has 6 nitrogen and oxygen atoms in total. The molecule has 0 radical (unpaired) electrons. The fourth-order valence-electron chi connectivity index (χ4n) is 3.46. The first-order chi connectivity index (χ1) is 13.7. The van der Waals surface area contributed by atoms with E-state index in [0.717, 1.165) is 23.1 Å². The molecule has 0 spiro atoms. The van der Waals surface area contributed by atoms with E-state index in [9.17, 15) is 9.59 Å². The number of aromatic nitrogens is 1. The quantitative estimate of drug-likeness (QED) is 0.711. The summed E-state index contributed by atoms with van der Waals surface area (Å²) in [4.78, 5) is 31.0. The number of oxazole rings is 1. The van der Waals surface area contributed by atoms with E-state index < -0.39 is 6.04 Å². The fourth-order valence-corrected chi connectivity index (χ4v) is 3.87. The Labute approximate surface area is 167 Å². The molecule has 1 aliphatic rings. The zero-order valence-electron chi connectivity index (χ0n) is 15.6. The van der Waals surface area contributed by atoms with Gasteiger partial charge in [-0.05, 0) is 55.5 Å². The van der Waals surface area contributed by atoms with Crippen molar-refractivity contribution in [2.75, 3.05) is 23.9 Å². The largest absolute Gasteiger partial charge is 0.436 e. The highest BCUT2D eigenvalue weighted by molar-refractivity contribution is 7.99. The number of carbonyl (C=O) groups excluding carboxylic acids is 2. The number of nitrogens with one attached hydrogen (secondary N) is 1. The molecule has 144 valence electrons. The van der Waals surface area contributed by atoms with Gasteiger partial charge in [0.05, 0.1) is 5.75 Å². The van der Waals surface area contributed by atoms with Gasteiger partial charge in [-0.3, -0.25) is 9.59 Å². The van der Waals surface area contributed by atoms with Crippen LogP contribution < -0.4 is 5.32 Å². The summed E-state index contributed by atoms with van der Waals surface area (Å²) >= 11 is 1.48. The Morgan fingerprint density at radius 3 is 2.75 bits per heavy atom. The van der Waals surface area contributed by atoms with Crippen LogP contribution in [-0.4, -0.2) is 46.3 Å². The van der Waals surface area contributed by atoms with Gasteiger partial charge in [-0.15, -0.1) is 0 Å². The molecule has 3 aromatic rings. The predicted octanol–water partition coefficient (Wildman–Crippen LogP) is 3.79. The molecule has 1 atom stereocenters. The normalized spacial score (nSPS) is 16.5. The van der Waals surface area contributed by atoms with Crippen LogP contribution in [0.3, 0.4) is 0 Å². The number of hydrogen-bond acceptors (Lipinski definition) is 5. The van der Waals surface area contributed by atoms with Gasteiger partial charge in [-0.1, -0.05) is 12.1 Å². The summed E-state index contributed by atoms with van der Waals surface area (Å²) < 4.78 is 5.78. The Balaban J connectivity index is 1.45. The Hall–Kier alpha value is -2.80. The third kappa shape index (κ3) is 3.75. The molecule has 1 N–H and O–H groups in total. The number of para-hydroxylation sites is 2. The smallest absolute Gasteiger partial charge is 0.247 e. The molecule has 1 saturated heterocycles. The maximum Gasteiger partial charge on any atom is 0.247 e. The number of rotatable bonds is 5. The Morgan fingerprint density at radius 1 is 1.21 bits per heavy atom. The van der Waals surface area contributed by atoms with Gasteiger partial charge in [0.15, 0.2) is 5.58 Å². The lowest BCUT2D eigenvalue weighted by Crippen LogP contribution is -2.43. The number of anilines is 1. The van der Waals surface area contributed by atoms with Crippen molar-refractivity contribution in [1.82, 2.24) is 9.88 Å². The molecule has 7 heteroatoms. The van der Waals surface area contributed by atoms with Gasteiger partial charge in [-0.2, -0.15) is 11.8 Å². The minimum Gasteiger partial charge on any atom is -0.436 e. The number of fused-ring (bicyclic) bond motifs is 1. The SMILES string of the molecule is CSCC(=O)N1CCC[C@@H]1C(=O)Nc1ccc(-c2nc3ccccc3o2)cc1. The molecule has 2 amide bonds. The molecular formula is C21H21N3O3S. The minimum absolute atomic E-state index is 0.0245. The van der Waals surface area contributed by atoms with E-state index in [1.165, 1.54) is 11.8 Å². The monoisotopic (exact) mass is 395 g/mol. The molecule has 0 aliphatic carbocycles. The van der Waals surface area contributed by atoms with Crippen molar-refractivity contribution >= 4 is 40.4 Å². The first-order valence-electron chi connectivity index (χ1n) is 9.21. The Morgan fingerprint density at radius 2 is 2.00 bits per heavy atom. The zero-order valence-corrected chi connectivity index (χ0v) is 16.4. The first-order valence-corrected chi connectivity index (χ1v) is 10.6. The van der Waals surface area contributed by atoms with Crippen molar-refractivity contribution in [1.29, 1.82) is 0 Å². The van der Waals surface area contributed by atoms with Crippen molar-refractivity contribution in [2.45, 2.75) is 18.9 Å². The molecule has 2 heterocycles. The van der Waals surface area contributed by atoms with E-state index >= 15 is 0 Å². The third-order valence-corrected chi connectivity index (χ3v) is 5.37. The topological polar surface area (TPSA) is 75.4 Å². The summed E-state index contributed by atoms with van der Waals surface area (Å²) in [5.41, 5.74) is 3.08. The van der Waals surface area contributed by atoms with E-state index in [1.807, 2.05) is 54.8 Å². The average Bonchev–Trinajstić information content (AvgIpc) is 3.36. The van der Waals surface area contributed by atoms with Crippen molar-refractivity contribution in [3.63, 3.8) is 0 Å². The molecule has 28 heavy (non-hydrogen) atoms. The van der Waals surface area contributed by atoms with Gasteiger partial charge in [0, 0.05) is 17.8 Å². The number of nitrogens with zero attached hydrogens (tertiary/aromatic N) is 2. The molecule has 0 bridgehead atoms. The van der Waals surface area contributed by atoms with E-state index in [1.54, 1.807) is 4.90 Å². The lowest BCUT2D eigenvalue weighted by atomic mass is 10.1. The van der Waals surface area contributed by atoms with Crippen LogP contribution >= 0.6 is 11.8 Å². The van der Waals surface area contributed by atoms with Crippen molar-refractivity contribution in [3.8, 4) is 11.5 Å². The average molecular weight is 395 g/mol. The van der Waals surface area contributed by atoms with E-state index in [-0.39, 0.29) is 11.8 Å². The second kappa shape index (κ2) is 8.06. The van der Waals surface area contributed by atoms with Gasteiger partial charge in [-0.25, -0.2) is 4.98 Å². The minimum atomic E-state index is -0.392. The summed E-state index contributed by atoms with van der Waals surface area (Å²) in [5.74, 6) is 0.838. The van der Waals surface area contributed by atoms with E-state index in [0.29, 0.717) is 30.3 Å². The van der Waals surface area contributed by atoms with Gasteiger partial charge in [0.25, 0.3) is 0 Å². The zero-order chi connectivity index (χ0) is 19.5. The number of hydrogen-bond donors (Lipinski definition) is 1. The summed E-state index contributed by atoms with van der Waals surface area (Å²) in [7, 11) is 0. The number of benzene rings is 2. The number of thioether (sulfide) groups is 1. The van der Waals surface area contributed by atoms with Crippen LogP contribution in [-0.2, 0) is 9.59 Å². The van der Waals surface area contributed by atoms with Crippen LogP contribution in [0.15, 0.2) is 52.9 Å². The number of likely N-dealkylation sites (tertiary alicyclic amines) is 1. The highest BCUT2D eigenvalue weighted by atomic mass is 32.2. The number of amides is 2. The van der Waals surface area contributed by atoms with Crippen LogP contribution in [0.1, 0.15) is 12.8 Å². The van der Waals surface area contributed by atoms with Gasteiger partial charge >= 0.3 is 0 Å². The van der Waals surface area contributed by atoms with Crippen LogP contribution in [0.2, 0.25) is 0 Å². The molecule has 1 aliphatic heterocycles. The van der Waals surface area contributed by atoms with Gasteiger partial charge < -0.3 is 14.6 Å². The fraction of sp³-hybridized carbons (Fsp3) is 0.286. The predicted molar refractivity (Wildman–Crippen MR) is 111 cm³/mol. The summed E-state index contributed by atoms with van der Waals surface area (Å²) in [6.45, 7) is 0.647. The standard InChI is InChI=1S/C21H21N3O3S/c1-28-13-19(25)24-12-4-6-17(24)20(26)22-15-10-8-14(9-11-15)21-23-16-5-2-3-7-18(16)27-21/h2-3,5,7-11,17H,4,6,12-13H2,1H3,(H,22,26)/t17-/m1/s1. The van der Waals surface area contributed by atoms with Gasteiger partial charge in [0.2, 0.25) is 17.7 Å². The van der Waals surface area contributed by atoms with Gasteiger partial charge in [0.1, 0.15) is 11.6 Å². The molecule has 1 aromatic heterocycles. The lowest BCUT2D eigenvalue weighted by Gasteiger charge is -2.23. The molecule has 0 unspecified atom stereocenters. The molecule has 1 fully saturated rings. The Bertz CT molecular complexity index is 967. The van der Waals surface area contributed by atoms with Crippen LogP contribution in [0, 0.1) is 0 Å². The van der Waals surface area contributed by atoms with Crippen molar-refractivity contribution in [3.05, 3.63) is 48.5 Å². The third-order valence-electron chi connectivity index (χ3n) is 4.84. The molecule has 0 saturated carbocycles. The van der Waals surface area contributed by atoms with Crippen LogP contribution in [0.4, 0.5) is 5.69 Å². The second-order valence-electron chi connectivity index (χ2n) is 6.73. The first kappa shape index (κ1) is 18.6. The van der Waals surface area contributed by atoms with E-state index in [2.05, 4.69) is 10.3 Å². The highest BCUT2D eigenvalue weighted by Gasteiger charge is 2.33. The van der Waals surface area contributed by atoms with Crippen LogP contribution in [0.5, 0.6) is 0 Å². The van der Waals surface area contributed by atoms with Crippen LogP contribution in [0.25, 0.3) is 22.6 Å². The Kier molecular flexibility index (Phi) is 5.34. The molecule has 2 aromatic carbocycles. The van der Waals surface area contributed by atoms with Crippen molar-refractivity contribution < 1.29 is 14.0 Å².